The lowest BCUT2D eigenvalue weighted by molar-refractivity contribution is -0.150. The lowest BCUT2D eigenvalue weighted by Crippen LogP contribution is -2.47. The van der Waals surface area contributed by atoms with Gasteiger partial charge in [-0.3, -0.25) is 14.5 Å². The average molecular weight is 738 g/mol. The van der Waals surface area contributed by atoms with Crippen LogP contribution in [0.4, 0.5) is 0 Å². The molecule has 0 aromatic carbocycles. The molecular formula is C46H91NO5. The van der Waals surface area contributed by atoms with E-state index in [2.05, 4.69) is 39.5 Å². The number of hydrogen-bond donors (Lipinski definition) is 1. The second-order valence-corrected chi connectivity index (χ2v) is 16.6. The molecule has 6 nitrogen and oxygen atoms in total. The first-order valence-corrected chi connectivity index (χ1v) is 23.0. The zero-order chi connectivity index (χ0) is 38.4. The fourth-order valence-electron chi connectivity index (χ4n) is 7.15. The number of nitrogens with zero attached hydrogens (tertiary/aromatic N) is 1. The van der Waals surface area contributed by atoms with Crippen LogP contribution < -0.4 is 0 Å². The molecule has 0 aromatic rings. The zero-order valence-corrected chi connectivity index (χ0v) is 35.8. The lowest BCUT2D eigenvalue weighted by Gasteiger charge is -2.37. The topological polar surface area (TPSA) is 76.1 Å². The molecule has 0 amide bonds. The minimum atomic E-state index is -0.250. The molecule has 0 saturated heterocycles. The van der Waals surface area contributed by atoms with Crippen LogP contribution in [0.3, 0.4) is 0 Å². The van der Waals surface area contributed by atoms with Gasteiger partial charge in [0, 0.05) is 18.4 Å². The summed E-state index contributed by atoms with van der Waals surface area (Å²) >= 11 is 0. The molecule has 0 heterocycles. The Labute approximate surface area is 324 Å². The molecule has 0 bridgehead atoms. The molecule has 0 unspecified atom stereocenters. The number of aliphatic hydroxyl groups excluding tert-OH is 1. The molecule has 52 heavy (non-hydrogen) atoms. The summed E-state index contributed by atoms with van der Waals surface area (Å²) in [4.78, 5) is 27.3. The van der Waals surface area contributed by atoms with Crippen LogP contribution in [0.25, 0.3) is 0 Å². The van der Waals surface area contributed by atoms with E-state index in [0.29, 0.717) is 19.4 Å². The van der Waals surface area contributed by atoms with Gasteiger partial charge in [-0.05, 0) is 84.7 Å². The van der Waals surface area contributed by atoms with Crippen molar-refractivity contribution < 1.29 is 24.2 Å². The molecule has 0 rings (SSSR count). The van der Waals surface area contributed by atoms with Crippen molar-refractivity contribution in [3.8, 4) is 0 Å². The first-order valence-electron chi connectivity index (χ1n) is 23.0. The number of rotatable bonds is 41. The molecule has 0 aliphatic rings. The number of carbonyl (C=O) groups is 2. The molecule has 0 spiro atoms. The van der Waals surface area contributed by atoms with Crippen LogP contribution in [-0.2, 0) is 19.1 Å². The average Bonchev–Trinajstić information content (AvgIpc) is 3.13. The van der Waals surface area contributed by atoms with E-state index >= 15 is 0 Å². The Kier molecular flexibility index (Phi) is 37.3. The van der Waals surface area contributed by atoms with Gasteiger partial charge < -0.3 is 14.6 Å². The predicted molar refractivity (Wildman–Crippen MR) is 223 cm³/mol. The van der Waals surface area contributed by atoms with Crippen LogP contribution in [0.15, 0.2) is 0 Å². The molecule has 0 atom stereocenters. The molecule has 0 aliphatic heterocycles. The summed E-state index contributed by atoms with van der Waals surface area (Å²) in [5.74, 6) is -0.0496. The van der Waals surface area contributed by atoms with Crippen molar-refractivity contribution in [3.63, 3.8) is 0 Å². The second-order valence-electron chi connectivity index (χ2n) is 16.6. The molecular weight excluding hydrogens is 647 g/mol. The van der Waals surface area contributed by atoms with E-state index < -0.39 is 0 Å². The Morgan fingerprint density at radius 3 is 1.33 bits per heavy atom. The molecule has 6 heteroatoms. The van der Waals surface area contributed by atoms with Crippen molar-refractivity contribution in [1.82, 2.24) is 4.90 Å². The van der Waals surface area contributed by atoms with Crippen molar-refractivity contribution >= 4 is 11.9 Å². The summed E-state index contributed by atoms with van der Waals surface area (Å²) in [5, 5.41) is 10.1. The Balaban J connectivity index is 4.18. The van der Waals surface area contributed by atoms with Gasteiger partial charge in [0.2, 0.25) is 0 Å². The Morgan fingerprint density at radius 2 is 0.865 bits per heavy atom. The van der Waals surface area contributed by atoms with Gasteiger partial charge in [-0.1, -0.05) is 162 Å². The van der Waals surface area contributed by atoms with Crippen LogP contribution >= 0.6 is 0 Å². The van der Waals surface area contributed by atoms with E-state index in [0.717, 1.165) is 90.1 Å². The van der Waals surface area contributed by atoms with Gasteiger partial charge in [0.15, 0.2) is 0 Å². The maximum Gasteiger partial charge on any atom is 0.306 e. The highest BCUT2D eigenvalue weighted by Crippen LogP contribution is 2.20. The fraction of sp³-hybridized carbons (Fsp3) is 0.957. The quantitative estimate of drug-likeness (QED) is 0.0497. The van der Waals surface area contributed by atoms with Crippen molar-refractivity contribution in [2.45, 2.75) is 258 Å². The Hall–Kier alpha value is -1.14. The number of unbranched alkanes of at least 4 members (excludes halogenated alkanes) is 24. The summed E-state index contributed by atoms with van der Waals surface area (Å²) in [6.45, 7) is 13.6. The van der Waals surface area contributed by atoms with Crippen LogP contribution in [0.5, 0.6) is 0 Å². The third kappa shape index (κ3) is 33.4. The second kappa shape index (κ2) is 38.1. The normalized spacial score (nSPS) is 11.9. The molecule has 310 valence electrons. The van der Waals surface area contributed by atoms with Crippen LogP contribution in [0.2, 0.25) is 0 Å². The van der Waals surface area contributed by atoms with Gasteiger partial charge in [0.05, 0.1) is 13.2 Å². The van der Waals surface area contributed by atoms with Crippen molar-refractivity contribution in [1.29, 1.82) is 0 Å². The lowest BCUT2D eigenvalue weighted by atomic mass is 10.0. The van der Waals surface area contributed by atoms with Gasteiger partial charge in [0.1, 0.15) is 6.10 Å². The van der Waals surface area contributed by atoms with E-state index in [1.54, 1.807) is 0 Å². The monoisotopic (exact) mass is 738 g/mol. The van der Waals surface area contributed by atoms with E-state index in [4.69, 9.17) is 9.47 Å². The van der Waals surface area contributed by atoms with Crippen LogP contribution in [-0.4, -0.2) is 59.9 Å². The predicted octanol–water partition coefficient (Wildman–Crippen LogP) is 13.4. The molecule has 0 saturated carbocycles. The standard InChI is InChI=1S/C46H91NO5/c1-6-9-12-15-18-19-20-26-34-41-51-44(49)37-31-27-33-40-47(46(4,5)42-48)39-32-25-21-24-30-38-45(50)52-43(35-28-22-16-13-10-7-2)36-29-23-17-14-11-8-3/h43,48H,6-42H2,1-5H3. The van der Waals surface area contributed by atoms with Gasteiger partial charge in [0.25, 0.3) is 0 Å². The van der Waals surface area contributed by atoms with Gasteiger partial charge in [-0.15, -0.1) is 0 Å². The number of ether oxygens (including phenoxy) is 2. The Morgan fingerprint density at radius 1 is 0.500 bits per heavy atom. The van der Waals surface area contributed by atoms with Gasteiger partial charge in [-0.25, -0.2) is 0 Å². The molecule has 0 fully saturated rings. The highest BCUT2D eigenvalue weighted by molar-refractivity contribution is 5.69. The number of esters is 2. The van der Waals surface area contributed by atoms with Gasteiger partial charge >= 0.3 is 11.9 Å². The maximum atomic E-state index is 12.8. The third-order valence-corrected chi connectivity index (χ3v) is 10.9. The van der Waals surface area contributed by atoms with E-state index in [1.807, 2.05) is 0 Å². The third-order valence-electron chi connectivity index (χ3n) is 10.9. The largest absolute Gasteiger partial charge is 0.466 e. The number of carbonyl (C=O) groups excluding carboxylic acids is 2. The fourth-order valence-corrected chi connectivity index (χ4v) is 7.15. The van der Waals surface area contributed by atoms with E-state index in [1.165, 1.54) is 122 Å². The summed E-state index contributed by atoms with van der Waals surface area (Å²) in [6, 6.07) is 0. The summed E-state index contributed by atoms with van der Waals surface area (Å²) in [6.07, 6.45) is 38.2. The highest BCUT2D eigenvalue weighted by atomic mass is 16.5. The molecule has 0 aliphatic carbocycles. The van der Waals surface area contributed by atoms with Gasteiger partial charge in [-0.2, -0.15) is 0 Å². The number of aliphatic hydroxyl groups is 1. The van der Waals surface area contributed by atoms with Crippen molar-refractivity contribution in [2.24, 2.45) is 0 Å². The first-order chi connectivity index (χ1) is 25.3. The number of hydrogen-bond acceptors (Lipinski definition) is 6. The van der Waals surface area contributed by atoms with E-state index in [9.17, 15) is 14.7 Å². The molecule has 0 aromatic heterocycles. The minimum Gasteiger partial charge on any atom is -0.466 e. The van der Waals surface area contributed by atoms with Crippen molar-refractivity contribution in [2.75, 3.05) is 26.3 Å². The SMILES string of the molecule is CCCCCCCCCCCOC(=O)CCCCCN(CCCCCCCC(=O)OC(CCCCCCCC)CCCCCCCC)C(C)(C)CO. The van der Waals surface area contributed by atoms with Crippen LogP contribution in [0.1, 0.15) is 247 Å². The highest BCUT2D eigenvalue weighted by Gasteiger charge is 2.25. The Bertz CT molecular complexity index is 756. The molecule has 0 radical (unpaired) electrons. The van der Waals surface area contributed by atoms with Crippen LogP contribution in [0, 0.1) is 0 Å². The molecule has 1 N–H and O–H groups in total. The maximum absolute atomic E-state index is 12.8. The minimum absolute atomic E-state index is 0.00454. The summed E-state index contributed by atoms with van der Waals surface area (Å²) in [7, 11) is 0. The van der Waals surface area contributed by atoms with Crippen molar-refractivity contribution in [3.05, 3.63) is 0 Å². The summed E-state index contributed by atoms with van der Waals surface area (Å²) in [5.41, 5.74) is -0.250. The zero-order valence-electron chi connectivity index (χ0n) is 35.8. The van der Waals surface area contributed by atoms with E-state index in [-0.39, 0.29) is 30.2 Å². The first kappa shape index (κ1) is 50.9. The summed E-state index contributed by atoms with van der Waals surface area (Å²) < 4.78 is 11.5. The smallest absolute Gasteiger partial charge is 0.306 e.